The summed E-state index contributed by atoms with van der Waals surface area (Å²) >= 11 is 0. The normalized spacial score (nSPS) is 11.8. The van der Waals surface area contributed by atoms with Gasteiger partial charge in [0.2, 0.25) is 5.91 Å². The van der Waals surface area contributed by atoms with Crippen LogP contribution in [0.3, 0.4) is 0 Å². The Morgan fingerprint density at radius 3 is 2.42 bits per heavy atom. The molecule has 0 unspecified atom stereocenters. The van der Waals surface area contributed by atoms with Gasteiger partial charge in [-0.3, -0.25) is 4.79 Å². The molecule has 5 nitrogen and oxygen atoms in total. The zero-order valence-corrected chi connectivity index (χ0v) is 19.2. The van der Waals surface area contributed by atoms with Gasteiger partial charge in [0.1, 0.15) is 17.1 Å². The van der Waals surface area contributed by atoms with E-state index < -0.39 is 0 Å². The van der Waals surface area contributed by atoms with Crippen molar-refractivity contribution in [1.29, 1.82) is 0 Å². The lowest BCUT2D eigenvalue weighted by atomic mass is 9.96. The van der Waals surface area contributed by atoms with Crippen molar-refractivity contribution in [3.8, 4) is 22.6 Å². The molecular weight excluding hydrogens is 390 g/mol. The number of nitrogens with one attached hydrogen (secondary N) is 1. The quantitative estimate of drug-likeness (QED) is 0.444. The van der Waals surface area contributed by atoms with E-state index >= 15 is 0 Å². The zero-order chi connectivity index (χ0) is 22.5. The number of ether oxygens (including phenoxy) is 2. The lowest BCUT2D eigenvalue weighted by molar-refractivity contribution is -0.116. The molecule has 164 valence electrons. The summed E-state index contributed by atoms with van der Waals surface area (Å²) < 4.78 is 17.5. The van der Waals surface area contributed by atoms with Crippen LogP contribution in [0.15, 0.2) is 47.1 Å². The van der Waals surface area contributed by atoms with E-state index in [9.17, 15) is 4.79 Å². The summed E-state index contributed by atoms with van der Waals surface area (Å²) in [5.74, 6) is 1.46. The van der Waals surface area contributed by atoms with Gasteiger partial charge in [0.25, 0.3) is 0 Å². The van der Waals surface area contributed by atoms with Crippen molar-refractivity contribution in [3.05, 3.63) is 53.8 Å². The molecule has 0 atom stereocenters. The first-order chi connectivity index (χ1) is 14.8. The lowest BCUT2D eigenvalue weighted by Gasteiger charge is -2.15. The maximum absolute atomic E-state index is 12.3. The molecule has 0 aliphatic rings. The highest BCUT2D eigenvalue weighted by Gasteiger charge is 2.19. The summed E-state index contributed by atoms with van der Waals surface area (Å²) in [7, 11) is 0. The van der Waals surface area contributed by atoms with Crippen LogP contribution >= 0.6 is 0 Å². The third-order valence-electron chi connectivity index (χ3n) is 5.01. The Kier molecular flexibility index (Phi) is 7.06. The van der Waals surface area contributed by atoms with E-state index in [1.165, 1.54) is 0 Å². The second kappa shape index (κ2) is 9.73. The van der Waals surface area contributed by atoms with Crippen LogP contribution in [0.1, 0.15) is 45.7 Å². The van der Waals surface area contributed by atoms with Gasteiger partial charge < -0.3 is 19.2 Å². The van der Waals surface area contributed by atoms with Crippen molar-refractivity contribution >= 4 is 22.4 Å². The van der Waals surface area contributed by atoms with Crippen molar-refractivity contribution in [2.45, 2.75) is 47.6 Å². The number of hydrogen-bond donors (Lipinski definition) is 1. The Bertz CT molecular complexity index is 1090. The Morgan fingerprint density at radius 1 is 1.13 bits per heavy atom. The molecule has 0 aliphatic carbocycles. The standard InChI is InChI=1S/C26H31NO4/c1-7-29-20-11-9-19(10-12-20)23-15-31-26-18(6)25(30-8-2)21(14-22(23)26)17(5)13-24(28)27-16(3)4/h9-16H,7-8H2,1-6H3,(H,27,28)/b17-13+. The van der Waals surface area contributed by atoms with Gasteiger partial charge in [-0.05, 0) is 70.9 Å². The summed E-state index contributed by atoms with van der Waals surface area (Å²) in [6.45, 7) is 12.9. The minimum Gasteiger partial charge on any atom is -0.494 e. The topological polar surface area (TPSA) is 60.7 Å². The zero-order valence-electron chi connectivity index (χ0n) is 19.2. The molecule has 2 aromatic carbocycles. The molecule has 0 aliphatic heterocycles. The number of furan rings is 1. The molecule has 0 radical (unpaired) electrons. The molecule has 1 amide bonds. The summed E-state index contributed by atoms with van der Waals surface area (Å²) in [5, 5.41) is 3.89. The molecular formula is C26H31NO4. The van der Waals surface area contributed by atoms with Crippen molar-refractivity contribution in [2.75, 3.05) is 13.2 Å². The first-order valence-electron chi connectivity index (χ1n) is 10.8. The first-order valence-corrected chi connectivity index (χ1v) is 10.8. The second-order valence-electron chi connectivity index (χ2n) is 7.79. The molecule has 31 heavy (non-hydrogen) atoms. The Morgan fingerprint density at radius 2 is 1.81 bits per heavy atom. The van der Waals surface area contributed by atoms with E-state index in [4.69, 9.17) is 13.9 Å². The molecule has 0 bridgehead atoms. The average molecular weight is 422 g/mol. The molecule has 3 aromatic rings. The number of benzene rings is 2. The highest BCUT2D eigenvalue weighted by Crippen LogP contribution is 2.41. The van der Waals surface area contributed by atoms with Crippen molar-refractivity contribution < 1.29 is 18.7 Å². The fourth-order valence-electron chi connectivity index (χ4n) is 3.66. The summed E-state index contributed by atoms with van der Waals surface area (Å²) in [6, 6.07) is 10.1. The minimum absolute atomic E-state index is 0.0762. The molecule has 0 spiro atoms. The third-order valence-corrected chi connectivity index (χ3v) is 5.01. The molecule has 1 N–H and O–H groups in total. The van der Waals surface area contributed by atoms with Crippen LogP contribution in [-0.4, -0.2) is 25.2 Å². The van der Waals surface area contributed by atoms with Crippen LogP contribution in [0.5, 0.6) is 11.5 Å². The van der Waals surface area contributed by atoms with E-state index in [0.29, 0.717) is 13.2 Å². The number of amides is 1. The predicted octanol–water partition coefficient (Wildman–Crippen LogP) is 6.13. The van der Waals surface area contributed by atoms with Crippen molar-refractivity contribution in [2.24, 2.45) is 0 Å². The van der Waals surface area contributed by atoms with E-state index in [1.807, 2.05) is 65.8 Å². The number of carbonyl (C=O) groups excluding carboxylic acids is 1. The Hall–Kier alpha value is -3.21. The first kappa shape index (κ1) is 22.5. The van der Waals surface area contributed by atoms with Gasteiger partial charge in [0.05, 0.1) is 19.5 Å². The maximum Gasteiger partial charge on any atom is 0.244 e. The van der Waals surface area contributed by atoms with Gasteiger partial charge in [-0.25, -0.2) is 0 Å². The van der Waals surface area contributed by atoms with Gasteiger partial charge in [-0.2, -0.15) is 0 Å². The van der Waals surface area contributed by atoms with Crippen LogP contribution in [-0.2, 0) is 4.79 Å². The molecule has 0 saturated carbocycles. The number of carbonyl (C=O) groups is 1. The second-order valence-corrected chi connectivity index (χ2v) is 7.79. The number of aryl methyl sites for hydroxylation is 1. The highest BCUT2D eigenvalue weighted by atomic mass is 16.5. The van der Waals surface area contributed by atoms with E-state index in [2.05, 4.69) is 11.4 Å². The largest absolute Gasteiger partial charge is 0.494 e. The van der Waals surface area contributed by atoms with Gasteiger partial charge in [-0.1, -0.05) is 12.1 Å². The van der Waals surface area contributed by atoms with E-state index in [-0.39, 0.29) is 11.9 Å². The molecule has 1 heterocycles. The molecule has 5 heteroatoms. The molecule has 3 rings (SSSR count). The lowest BCUT2D eigenvalue weighted by Crippen LogP contribution is -2.28. The summed E-state index contributed by atoms with van der Waals surface area (Å²) in [4.78, 5) is 12.3. The number of allylic oxidation sites excluding steroid dienone is 1. The third kappa shape index (κ3) is 4.93. The van der Waals surface area contributed by atoms with Gasteiger partial charge in [-0.15, -0.1) is 0 Å². The van der Waals surface area contributed by atoms with Gasteiger partial charge in [0.15, 0.2) is 0 Å². The maximum atomic E-state index is 12.3. The van der Waals surface area contributed by atoms with Crippen LogP contribution in [0.25, 0.3) is 27.7 Å². The molecule has 0 saturated heterocycles. The summed E-state index contributed by atoms with van der Waals surface area (Å²) in [5.41, 5.74) is 5.46. The van der Waals surface area contributed by atoms with Crippen molar-refractivity contribution in [1.82, 2.24) is 5.32 Å². The number of rotatable bonds is 8. The monoisotopic (exact) mass is 421 g/mol. The van der Waals surface area contributed by atoms with E-state index in [0.717, 1.165) is 50.3 Å². The highest BCUT2D eigenvalue weighted by molar-refractivity contribution is 6.01. The minimum atomic E-state index is -0.119. The van der Waals surface area contributed by atoms with Crippen LogP contribution in [0.2, 0.25) is 0 Å². The van der Waals surface area contributed by atoms with Crippen LogP contribution in [0, 0.1) is 6.92 Å². The molecule has 1 aromatic heterocycles. The van der Waals surface area contributed by atoms with Crippen LogP contribution < -0.4 is 14.8 Å². The molecule has 0 fully saturated rings. The van der Waals surface area contributed by atoms with Gasteiger partial charge in [0, 0.05) is 34.2 Å². The van der Waals surface area contributed by atoms with E-state index in [1.54, 1.807) is 12.3 Å². The van der Waals surface area contributed by atoms with Crippen molar-refractivity contribution in [3.63, 3.8) is 0 Å². The Balaban J connectivity index is 2.13. The summed E-state index contributed by atoms with van der Waals surface area (Å²) in [6.07, 6.45) is 3.40. The fraction of sp³-hybridized carbons (Fsp3) is 0.346. The Labute approximate surface area is 184 Å². The van der Waals surface area contributed by atoms with Gasteiger partial charge >= 0.3 is 0 Å². The number of hydrogen-bond acceptors (Lipinski definition) is 4. The average Bonchev–Trinajstić information content (AvgIpc) is 3.14. The number of fused-ring (bicyclic) bond motifs is 1. The smallest absolute Gasteiger partial charge is 0.244 e. The van der Waals surface area contributed by atoms with Crippen LogP contribution in [0.4, 0.5) is 0 Å². The fourth-order valence-corrected chi connectivity index (χ4v) is 3.66. The predicted molar refractivity (Wildman–Crippen MR) is 126 cm³/mol. The SMILES string of the molecule is CCOc1ccc(-c2coc3c(C)c(OCC)c(/C(C)=C/C(=O)NC(C)C)cc23)cc1.